The fourth-order valence-electron chi connectivity index (χ4n) is 4.37. The first-order valence-corrected chi connectivity index (χ1v) is 10.5. The Balaban J connectivity index is 1.96. The lowest BCUT2D eigenvalue weighted by Crippen LogP contribution is -2.54. The number of urea groups is 1. The summed E-state index contributed by atoms with van der Waals surface area (Å²) >= 11 is 0. The minimum absolute atomic E-state index is 0.0266. The Morgan fingerprint density at radius 1 is 1.25 bits per heavy atom. The van der Waals surface area contributed by atoms with Gasteiger partial charge in [-0.05, 0) is 41.9 Å². The molecule has 1 aromatic carbocycles. The third kappa shape index (κ3) is 4.35. The zero-order chi connectivity index (χ0) is 20.3. The van der Waals surface area contributed by atoms with Crippen LogP contribution in [0.1, 0.15) is 50.7 Å². The lowest BCUT2D eigenvalue weighted by molar-refractivity contribution is 0.0866. The van der Waals surface area contributed by atoms with Crippen molar-refractivity contribution in [1.29, 1.82) is 0 Å². The number of piperidine rings is 1. The molecular weight excluding hydrogens is 350 g/mol. The highest BCUT2D eigenvalue weighted by molar-refractivity contribution is 5.78. The van der Waals surface area contributed by atoms with E-state index >= 15 is 0 Å². The van der Waals surface area contributed by atoms with Gasteiger partial charge in [-0.3, -0.25) is 4.90 Å². The highest BCUT2D eigenvalue weighted by atomic mass is 16.5. The van der Waals surface area contributed by atoms with Crippen molar-refractivity contribution < 1.29 is 9.53 Å². The average Bonchev–Trinajstić information content (AvgIpc) is 2.68. The summed E-state index contributed by atoms with van der Waals surface area (Å²) < 4.78 is 5.39. The molecule has 5 nitrogen and oxygen atoms in total. The minimum atomic E-state index is -0.0266. The molecule has 5 heteroatoms. The Bertz CT molecular complexity index is 716. The molecule has 28 heavy (non-hydrogen) atoms. The molecule has 0 radical (unpaired) electrons. The van der Waals surface area contributed by atoms with Gasteiger partial charge in [0.05, 0.1) is 19.2 Å². The zero-order valence-corrected chi connectivity index (χ0v) is 18.0. The van der Waals surface area contributed by atoms with Crippen LogP contribution in [0.15, 0.2) is 36.2 Å². The van der Waals surface area contributed by atoms with Gasteiger partial charge in [0.15, 0.2) is 0 Å². The number of hydrogen-bond acceptors (Lipinski definition) is 3. The van der Waals surface area contributed by atoms with E-state index in [2.05, 4.69) is 56.0 Å². The zero-order valence-electron chi connectivity index (χ0n) is 18.0. The molecule has 2 unspecified atom stereocenters. The molecule has 0 N–H and O–H groups in total. The number of nitrogens with zero attached hydrogens (tertiary/aromatic N) is 3. The van der Waals surface area contributed by atoms with Crippen molar-refractivity contribution in [2.24, 2.45) is 5.92 Å². The average molecular weight is 386 g/mol. The van der Waals surface area contributed by atoms with Crippen LogP contribution in [0.3, 0.4) is 0 Å². The number of methoxy groups -OCH3 is 1. The first-order valence-electron chi connectivity index (χ1n) is 10.5. The van der Waals surface area contributed by atoms with Crippen molar-refractivity contribution >= 4 is 6.03 Å². The molecular formula is C23H35N3O2. The monoisotopic (exact) mass is 385 g/mol. The predicted octanol–water partition coefficient (Wildman–Crippen LogP) is 4.27. The Kier molecular flexibility index (Phi) is 6.65. The summed E-state index contributed by atoms with van der Waals surface area (Å²) in [5.74, 6) is 2.13. The fraction of sp³-hybridized carbons (Fsp3) is 0.609. The summed E-state index contributed by atoms with van der Waals surface area (Å²) in [4.78, 5) is 19.5. The minimum Gasteiger partial charge on any atom is -0.382 e. The lowest BCUT2D eigenvalue weighted by Gasteiger charge is -2.45. The number of rotatable bonds is 6. The van der Waals surface area contributed by atoms with Crippen molar-refractivity contribution in [1.82, 2.24) is 14.7 Å². The summed E-state index contributed by atoms with van der Waals surface area (Å²) in [7, 11) is 3.57. The van der Waals surface area contributed by atoms with Crippen LogP contribution in [0.2, 0.25) is 0 Å². The Morgan fingerprint density at radius 2 is 2.00 bits per heavy atom. The lowest BCUT2D eigenvalue weighted by atomic mass is 9.96. The first-order chi connectivity index (χ1) is 13.4. The van der Waals surface area contributed by atoms with Crippen molar-refractivity contribution in [3.8, 4) is 0 Å². The SMILES string of the molecule is COCC1C=C(N2CCCC(C)C2)N(Cc2ccccc2C(C)C)C(=O)N1C. The third-order valence-electron chi connectivity index (χ3n) is 5.97. The van der Waals surface area contributed by atoms with Gasteiger partial charge in [0, 0.05) is 27.2 Å². The molecule has 2 heterocycles. The van der Waals surface area contributed by atoms with Gasteiger partial charge in [0.2, 0.25) is 0 Å². The van der Waals surface area contributed by atoms with Crippen LogP contribution < -0.4 is 0 Å². The molecule has 2 aliphatic rings. The Hall–Kier alpha value is -2.01. The number of likely N-dealkylation sites (tertiary alicyclic amines) is 1. The quantitative estimate of drug-likeness (QED) is 0.734. The maximum atomic E-state index is 13.4. The summed E-state index contributed by atoms with van der Waals surface area (Å²) in [5.41, 5.74) is 2.53. The van der Waals surface area contributed by atoms with Crippen LogP contribution in [-0.2, 0) is 11.3 Å². The molecule has 1 fully saturated rings. The second-order valence-electron chi connectivity index (χ2n) is 8.57. The summed E-state index contributed by atoms with van der Waals surface area (Å²) in [6, 6.07) is 8.51. The third-order valence-corrected chi connectivity index (χ3v) is 5.97. The smallest absolute Gasteiger partial charge is 0.326 e. The van der Waals surface area contributed by atoms with E-state index in [1.807, 2.05) is 11.9 Å². The van der Waals surface area contributed by atoms with Gasteiger partial charge in [-0.2, -0.15) is 0 Å². The van der Waals surface area contributed by atoms with E-state index in [1.165, 1.54) is 24.0 Å². The van der Waals surface area contributed by atoms with E-state index in [4.69, 9.17) is 4.74 Å². The van der Waals surface area contributed by atoms with Gasteiger partial charge < -0.3 is 14.5 Å². The summed E-state index contributed by atoms with van der Waals surface area (Å²) in [6.45, 7) is 9.86. The Labute approximate surface area is 169 Å². The summed E-state index contributed by atoms with van der Waals surface area (Å²) in [6.07, 6.45) is 4.66. The van der Waals surface area contributed by atoms with Crippen LogP contribution >= 0.6 is 0 Å². The molecule has 0 aliphatic carbocycles. The molecule has 0 aromatic heterocycles. The van der Waals surface area contributed by atoms with Crippen LogP contribution in [0.4, 0.5) is 4.79 Å². The van der Waals surface area contributed by atoms with Gasteiger partial charge >= 0.3 is 6.03 Å². The molecule has 0 spiro atoms. The van der Waals surface area contributed by atoms with Gasteiger partial charge in [0.1, 0.15) is 5.82 Å². The number of benzene rings is 1. The number of ether oxygens (including phenoxy) is 1. The maximum Gasteiger partial charge on any atom is 0.326 e. The molecule has 1 aromatic rings. The van der Waals surface area contributed by atoms with Crippen LogP contribution in [0.5, 0.6) is 0 Å². The number of hydrogen-bond donors (Lipinski definition) is 0. The number of amides is 2. The molecule has 2 atom stereocenters. The first kappa shape index (κ1) is 20.7. The Morgan fingerprint density at radius 3 is 2.68 bits per heavy atom. The van der Waals surface area contributed by atoms with Crippen LogP contribution in [0.25, 0.3) is 0 Å². The van der Waals surface area contributed by atoms with E-state index in [-0.39, 0.29) is 12.1 Å². The second-order valence-corrected chi connectivity index (χ2v) is 8.57. The van der Waals surface area contributed by atoms with E-state index in [0.717, 1.165) is 18.9 Å². The van der Waals surface area contributed by atoms with E-state index in [0.29, 0.717) is 25.0 Å². The molecule has 2 aliphatic heterocycles. The van der Waals surface area contributed by atoms with Crippen molar-refractivity contribution in [2.75, 3.05) is 33.9 Å². The standard InChI is InChI=1S/C23H35N3O2/c1-17(2)21-11-7-6-10-19(21)15-26-22(25-12-8-9-18(3)14-25)13-20(16-28-5)24(4)23(26)27/h6-7,10-11,13,17-18,20H,8-9,12,14-16H2,1-5H3. The largest absolute Gasteiger partial charge is 0.382 e. The predicted molar refractivity (Wildman–Crippen MR) is 113 cm³/mol. The highest BCUT2D eigenvalue weighted by Gasteiger charge is 2.35. The summed E-state index contributed by atoms with van der Waals surface area (Å²) in [5, 5.41) is 0. The number of carbonyl (C=O) groups excluding carboxylic acids is 1. The second kappa shape index (κ2) is 8.99. The molecule has 154 valence electrons. The van der Waals surface area contributed by atoms with E-state index < -0.39 is 0 Å². The van der Waals surface area contributed by atoms with Crippen LogP contribution in [0, 0.1) is 5.92 Å². The van der Waals surface area contributed by atoms with Gasteiger partial charge in [0.25, 0.3) is 0 Å². The van der Waals surface area contributed by atoms with Crippen molar-refractivity contribution in [3.63, 3.8) is 0 Å². The molecule has 0 saturated carbocycles. The molecule has 0 bridgehead atoms. The van der Waals surface area contributed by atoms with Gasteiger partial charge in [-0.15, -0.1) is 0 Å². The van der Waals surface area contributed by atoms with E-state index in [9.17, 15) is 4.79 Å². The van der Waals surface area contributed by atoms with Gasteiger partial charge in [-0.1, -0.05) is 45.0 Å². The topological polar surface area (TPSA) is 36.0 Å². The fourth-order valence-corrected chi connectivity index (χ4v) is 4.37. The number of likely N-dealkylation sites (N-methyl/N-ethyl adjacent to an activating group) is 1. The molecule has 1 saturated heterocycles. The highest BCUT2D eigenvalue weighted by Crippen LogP contribution is 2.30. The van der Waals surface area contributed by atoms with Crippen molar-refractivity contribution in [3.05, 3.63) is 47.3 Å². The maximum absolute atomic E-state index is 13.4. The normalized spacial score (nSPS) is 23.4. The molecule has 2 amide bonds. The number of carbonyl (C=O) groups is 1. The molecule has 3 rings (SSSR count). The van der Waals surface area contributed by atoms with E-state index in [1.54, 1.807) is 12.0 Å². The van der Waals surface area contributed by atoms with Crippen LogP contribution in [-0.4, -0.2) is 60.6 Å². The van der Waals surface area contributed by atoms with Crippen molar-refractivity contribution in [2.45, 2.75) is 52.1 Å². The van der Waals surface area contributed by atoms with Gasteiger partial charge in [-0.25, -0.2) is 4.79 Å².